The number of hydrogen-bond donors (Lipinski definition) is 0. The monoisotopic (exact) mass is 259 g/mol. The predicted octanol–water partition coefficient (Wildman–Crippen LogP) is 5.91. The Hall–Kier alpha value is 0. The van der Waals surface area contributed by atoms with Crippen LogP contribution >= 0.6 is 0 Å². The van der Waals surface area contributed by atoms with Gasteiger partial charge in [0.05, 0.1) is 0 Å². The van der Waals surface area contributed by atoms with E-state index in [-0.39, 0.29) is 0 Å². The van der Waals surface area contributed by atoms with E-state index in [0.717, 1.165) is 23.2 Å². The lowest BCUT2D eigenvalue weighted by Crippen LogP contribution is -2.44. The summed E-state index contributed by atoms with van der Waals surface area (Å²) in [5, 5.41) is 0. The molecule has 107 valence electrons. The Labute approximate surface area is 119 Å². The zero-order chi connectivity index (χ0) is 12.7. The van der Waals surface area contributed by atoms with Gasteiger partial charge in [-0.1, -0.05) is 38.5 Å². The van der Waals surface area contributed by atoms with Crippen molar-refractivity contribution in [2.24, 2.45) is 23.2 Å². The quantitative estimate of drug-likeness (QED) is 0.549. The smallest absolute Gasteiger partial charge is 0.0174 e. The average molecular weight is 259 g/mol. The molecule has 4 rings (SSSR count). The summed E-state index contributed by atoms with van der Waals surface area (Å²) in [7, 11) is 0. The van der Waals surface area contributed by atoms with Gasteiger partial charge in [-0.15, -0.1) is 0 Å². The lowest BCUT2D eigenvalue weighted by atomic mass is 9.51. The van der Waals surface area contributed by atoms with Crippen molar-refractivity contribution in [2.45, 2.75) is 89.9 Å². The van der Waals surface area contributed by atoms with E-state index in [9.17, 15) is 0 Å². The van der Waals surface area contributed by atoms with Gasteiger partial charge in [0.2, 0.25) is 0 Å². The van der Waals surface area contributed by atoms with Crippen molar-refractivity contribution >= 4 is 0 Å². The molecule has 4 aliphatic carbocycles. The Morgan fingerprint density at radius 3 is 2.47 bits per heavy atom. The van der Waals surface area contributed by atoms with Gasteiger partial charge in [0.15, 0.2) is 0 Å². The molecular formula is C19H31. The Bertz CT molecular complexity index is 318. The van der Waals surface area contributed by atoms with Gasteiger partial charge in [-0.2, -0.15) is 0 Å². The highest BCUT2D eigenvalue weighted by Crippen LogP contribution is 2.63. The second-order valence-electron chi connectivity index (χ2n) is 8.07. The minimum Gasteiger partial charge on any atom is -0.0530 e. The molecule has 4 atom stereocenters. The van der Waals surface area contributed by atoms with Gasteiger partial charge in [0, 0.05) is 0 Å². The molecule has 4 fully saturated rings. The molecule has 4 unspecified atom stereocenters. The van der Waals surface area contributed by atoms with Crippen LogP contribution in [0.5, 0.6) is 0 Å². The normalized spacial score (nSPS) is 47.7. The summed E-state index contributed by atoms with van der Waals surface area (Å²) >= 11 is 0. The minimum absolute atomic E-state index is 0.809. The van der Waals surface area contributed by atoms with Crippen molar-refractivity contribution in [3.05, 3.63) is 5.92 Å². The van der Waals surface area contributed by atoms with E-state index < -0.39 is 0 Å². The number of fused-ring (bicyclic) bond motifs is 2. The van der Waals surface area contributed by atoms with Crippen LogP contribution in [0.3, 0.4) is 0 Å². The van der Waals surface area contributed by atoms with E-state index in [4.69, 9.17) is 0 Å². The van der Waals surface area contributed by atoms with Gasteiger partial charge in [0.1, 0.15) is 0 Å². The summed E-state index contributed by atoms with van der Waals surface area (Å²) in [6.07, 6.45) is 21.8. The molecule has 0 aromatic carbocycles. The third-order valence-electron chi connectivity index (χ3n) is 7.43. The van der Waals surface area contributed by atoms with E-state index in [1.807, 2.05) is 0 Å². The van der Waals surface area contributed by atoms with E-state index in [0.29, 0.717) is 0 Å². The molecule has 19 heavy (non-hydrogen) atoms. The fourth-order valence-electron chi connectivity index (χ4n) is 6.72. The summed E-state index contributed by atoms with van der Waals surface area (Å²) < 4.78 is 0. The van der Waals surface area contributed by atoms with Gasteiger partial charge in [-0.3, -0.25) is 0 Å². The Morgan fingerprint density at radius 2 is 1.47 bits per heavy atom. The zero-order valence-corrected chi connectivity index (χ0v) is 12.6. The lowest BCUT2D eigenvalue weighted by molar-refractivity contribution is 0.0230. The zero-order valence-electron chi connectivity index (χ0n) is 12.6. The van der Waals surface area contributed by atoms with Crippen LogP contribution in [0.1, 0.15) is 89.9 Å². The molecule has 4 saturated carbocycles. The summed E-state index contributed by atoms with van der Waals surface area (Å²) in [6, 6.07) is 0. The molecule has 0 nitrogen and oxygen atoms in total. The largest absolute Gasteiger partial charge is 0.0530 e. The highest BCUT2D eigenvalue weighted by atomic mass is 14.6. The molecule has 4 aliphatic rings. The van der Waals surface area contributed by atoms with Crippen LogP contribution in [-0.2, 0) is 0 Å². The topological polar surface area (TPSA) is 0 Å². The van der Waals surface area contributed by atoms with Crippen molar-refractivity contribution in [1.29, 1.82) is 0 Å². The van der Waals surface area contributed by atoms with Gasteiger partial charge in [-0.05, 0) is 80.5 Å². The molecule has 0 N–H and O–H groups in total. The summed E-state index contributed by atoms with van der Waals surface area (Å²) in [5.74, 6) is 5.34. The van der Waals surface area contributed by atoms with Gasteiger partial charge in [-0.25, -0.2) is 0 Å². The van der Waals surface area contributed by atoms with Gasteiger partial charge in [0.25, 0.3) is 0 Å². The Kier molecular flexibility index (Phi) is 3.40. The van der Waals surface area contributed by atoms with Crippen LogP contribution < -0.4 is 0 Å². The summed E-state index contributed by atoms with van der Waals surface area (Å²) in [5.41, 5.74) is 0.809. The van der Waals surface area contributed by atoms with E-state index in [2.05, 4.69) is 5.92 Å². The first kappa shape index (κ1) is 12.7. The third kappa shape index (κ3) is 2.00. The van der Waals surface area contributed by atoms with E-state index >= 15 is 0 Å². The third-order valence-corrected chi connectivity index (χ3v) is 7.43. The molecule has 0 aromatic rings. The van der Waals surface area contributed by atoms with Gasteiger partial charge >= 0.3 is 0 Å². The first-order valence-electron chi connectivity index (χ1n) is 9.26. The maximum absolute atomic E-state index is 2.09. The Morgan fingerprint density at radius 1 is 0.684 bits per heavy atom. The number of hydrogen-bond acceptors (Lipinski definition) is 0. The van der Waals surface area contributed by atoms with Crippen LogP contribution in [-0.4, -0.2) is 0 Å². The number of rotatable bonds is 1. The minimum atomic E-state index is 0.809. The van der Waals surface area contributed by atoms with Crippen molar-refractivity contribution < 1.29 is 0 Å². The maximum Gasteiger partial charge on any atom is -0.0174 e. The highest BCUT2D eigenvalue weighted by molar-refractivity contribution is 5.14. The molecular weight excluding hydrogens is 228 g/mol. The summed E-state index contributed by atoms with van der Waals surface area (Å²) in [4.78, 5) is 0. The Balaban J connectivity index is 1.61. The molecule has 0 bridgehead atoms. The maximum atomic E-state index is 2.09. The van der Waals surface area contributed by atoms with Crippen LogP contribution in [0.4, 0.5) is 0 Å². The predicted molar refractivity (Wildman–Crippen MR) is 80.8 cm³/mol. The van der Waals surface area contributed by atoms with Crippen molar-refractivity contribution in [2.75, 3.05) is 0 Å². The van der Waals surface area contributed by atoms with Crippen LogP contribution in [0, 0.1) is 29.1 Å². The molecule has 0 aliphatic heterocycles. The van der Waals surface area contributed by atoms with Crippen molar-refractivity contribution in [3.8, 4) is 0 Å². The second kappa shape index (κ2) is 5.08. The van der Waals surface area contributed by atoms with Gasteiger partial charge < -0.3 is 0 Å². The SMILES string of the molecule is C1CCC2CCCC(C34CCCCC3CCC4)[C]2C1. The molecule has 0 saturated heterocycles. The fraction of sp³-hybridized carbons (Fsp3) is 0.947. The molecule has 1 radical (unpaired) electrons. The fourth-order valence-corrected chi connectivity index (χ4v) is 6.72. The van der Waals surface area contributed by atoms with Crippen LogP contribution in [0.2, 0.25) is 0 Å². The van der Waals surface area contributed by atoms with Crippen LogP contribution in [0.25, 0.3) is 0 Å². The first-order valence-corrected chi connectivity index (χ1v) is 9.26. The first-order chi connectivity index (χ1) is 9.40. The van der Waals surface area contributed by atoms with Crippen LogP contribution in [0.15, 0.2) is 0 Å². The standard InChI is InChI=1S/C19H31/c1-2-11-17-15(7-1)8-5-12-18(17)19-13-4-3-9-16(19)10-6-14-19/h15-16,18H,1-14H2. The van der Waals surface area contributed by atoms with E-state index in [1.54, 1.807) is 64.2 Å². The van der Waals surface area contributed by atoms with E-state index in [1.165, 1.54) is 25.7 Å². The highest BCUT2D eigenvalue weighted by Gasteiger charge is 2.53. The second-order valence-corrected chi connectivity index (χ2v) is 8.07. The van der Waals surface area contributed by atoms with Crippen molar-refractivity contribution in [3.63, 3.8) is 0 Å². The molecule has 0 heteroatoms. The molecule has 0 heterocycles. The van der Waals surface area contributed by atoms with Crippen molar-refractivity contribution in [1.82, 2.24) is 0 Å². The summed E-state index contributed by atoms with van der Waals surface area (Å²) in [6.45, 7) is 0. The molecule has 0 amide bonds. The molecule has 0 aromatic heterocycles. The molecule has 0 spiro atoms. The average Bonchev–Trinajstić information content (AvgIpc) is 2.91. The lowest BCUT2D eigenvalue weighted by Gasteiger charge is -2.53.